The molecule has 3 atom stereocenters. The number of nitrogens with zero attached hydrogens (tertiary/aromatic N) is 2. The lowest BCUT2D eigenvalue weighted by Crippen LogP contribution is -2.58. The van der Waals surface area contributed by atoms with E-state index in [2.05, 4.69) is 0 Å². The van der Waals surface area contributed by atoms with Crippen LogP contribution in [-0.2, 0) is 4.79 Å². The summed E-state index contributed by atoms with van der Waals surface area (Å²) in [6, 6.07) is 9.18. The summed E-state index contributed by atoms with van der Waals surface area (Å²) in [5.74, 6) is 0.0821. The second-order valence-electron chi connectivity index (χ2n) is 7.59. The fraction of sp³-hybridized carbons (Fsp3) is 0.600. The number of hydrogen-bond acceptors (Lipinski definition) is 3. The molecule has 25 heavy (non-hydrogen) atoms. The van der Waals surface area contributed by atoms with Gasteiger partial charge >= 0.3 is 0 Å². The summed E-state index contributed by atoms with van der Waals surface area (Å²) in [4.78, 5) is 29.8. The average Bonchev–Trinajstić information content (AvgIpc) is 3.04. The maximum atomic E-state index is 13.3. The van der Waals surface area contributed by atoms with Crippen LogP contribution in [0, 0.1) is 5.92 Å². The van der Waals surface area contributed by atoms with Crippen molar-refractivity contribution in [1.82, 2.24) is 9.80 Å². The molecule has 3 unspecified atom stereocenters. The van der Waals surface area contributed by atoms with Gasteiger partial charge in [0.1, 0.15) is 5.54 Å². The average molecular weight is 344 g/mol. The van der Waals surface area contributed by atoms with Crippen molar-refractivity contribution in [2.45, 2.75) is 51.2 Å². The van der Waals surface area contributed by atoms with Crippen molar-refractivity contribution >= 4 is 11.8 Å². The van der Waals surface area contributed by atoms with Crippen molar-refractivity contribution in [2.24, 2.45) is 5.92 Å². The number of carbonyl (C=O) groups is 2. The molecule has 0 radical (unpaired) electrons. The van der Waals surface area contributed by atoms with Crippen LogP contribution in [0.15, 0.2) is 30.3 Å². The monoisotopic (exact) mass is 344 g/mol. The molecule has 136 valence electrons. The van der Waals surface area contributed by atoms with Crippen molar-refractivity contribution in [3.05, 3.63) is 35.9 Å². The largest absolute Gasteiger partial charge is 0.393 e. The first-order valence-electron chi connectivity index (χ1n) is 9.28. The van der Waals surface area contributed by atoms with Gasteiger partial charge in [0.25, 0.3) is 5.91 Å². The van der Waals surface area contributed by atoms with Crippen molar-refractivity contribution in [1.29, 1.82) is 0 Å². The van der Waals surface area contributed by atoms with Crippen molar-refractivity contribution < 1.29 is 14.7 Å². The highest BCUT2D eigenvalue weighted by Crippen LogP contribution is 2.34. The van der Waals surface area contributed by atoms with Gasteiger partial charge < -0.3 is 14.9 Å². The molecule has 0 spiro atoms. The van der Waals surface area contributed by atoms with Crippen LogP contribution in [0.2, 0.25) is 0 Å². The number of aliphatic hydroxyl groups excluding tert-OH is 1. The normalized spacial score (nSPS) is 28.0. The van der Waals surface area contributed by atoms with Crippen LogP contribution in [0.4, 0.5) is 0 Å². The summed E-state index contributed by atoms with van der Waals surface area (Å²) in [5.41, 5.74) is -0.156. The number of aliphatic hydroxyl groups is 1. The lowest BCUT2D eigenvalue weighted by molar-refractivity contribution is -0.143. The quantitative estimate of drug-likeness (QED) is 0.915. The van der Waals surface area contributed by atoms with Gasteiger partial charge in [-0.3, -0.25) is 9.59 Å². The molecule has 5 nitrogen and oxygen atoms in total. The maximum absolute atomic E-state index is 13.3. The first-order chi connectivity index (χ1) is 11.9. The van der Waals surface area contributed by atoms with Gasteiger partial charge in [-0.1, -0.05) is 18.2 Å². The number of hydrogen-bond donors (Lipinski definition) is 1. The van der Waals surface area contributed by atoms with E-state index in [1.807, 2.05) is 30.0 Å². The molecule has 2 fully saturated rings. The molecule has 1 aromatic carbocycles. The van der Waals surface area contributed by atoms with Gasteiger partial charge in [-0.25, -0.2) is 0 Å². The SMILES string of the molecule is CC(O)C1CCCN(C(=O)C2(C)CCCN2C(=O)c2ccccc2)C1. The van der Waals surface area contributed by atoms with E-state index in [1.165, 1.54) is 0 Å². The van der Waals surface area contributed by atoms with Crippen molar-refractivity contribution in [2.75, 3.05) is 19.6 Å². The Morgan fingerprint density at radius 3 is 2.60 bits per heavy atom. The Balaban J connectivity index is 1.79. The van der Waals surface area contributed by atoms with Gasteiger partial charge in [-0.15, -0.1) is 0 Å². The smallest absolute Gasteiger partial charge is 0.254 e. The summed E-state index contributed by atoms with van der Waals surface area (Å²) in [6.45, 7) is 5.60. The van der Waals surface area contributed by atoms with E-state index in [-0.39, 0.29) is 17.7 Å². The number of amides is 2. The Bertz CT molecular complexity index is 631. The van der Waals surface area contributed by atoms with E-state index < -0.39 is 11.6 Å². The third-order valence-electron chi connectivity index (χ3n) is 5.79. The summed E-state index contributed by atoms with van der Waals surface area (Å²) < 4.78 is 0. The lowest BCUT2D eigenvalue weighted by atomic mass is 9.90. The molecule has 3 rings (SSSR count). The molecule has 0 aliphatic carbocycles. The Labute approximate surface area is 149 Å². The van der Waals surface area contributed by atoms with Crippen LogP contribution in [0.3, 0.4) is 0 Å². The van der Waals surface area contributed by atoms with Crippen LogP contribution >= 0.6 is 0 Å². The van der Waals surface area contributed by atoms with Crippen molar-refractivity contribution in [3.8, 4) is 0 Å². The van der Waals surface area contributed by atoms with Gasteiger partial charge in [-0.2, -0.15) is 0 Å². The highest BCUT2D eigenvalue weighted by molar-refractivity contribution is 5.99. The van der Waals surface area contributed by atoms with Crippen molar-refractivity contribution in [3.63, 3.8) is 0 Å². The topological polar surface area (TPSA) is 60.9 Å². The molecule has 2 heterocycles. The molecule has 0 bridgehead atoms. The first kappa shape index (κ1) is 17.9. The fourth-order valence-electron chi connectivity index (χ4n) is 4.18. The Kier molecular flexibility index (Phi) is 5.13. The number of carbonyl (C=O) groups excluding carboxylic acids is 2. The molecule has 5 heteroatoms. The zero-order valence-corrected chi connectivity index (χ0v) is 15.1. The highest BCUT2D eigenvalue weighted by atomic mass is 16.3. The van der Waals surface area contributed by atoms with Gasteiger partial charge in [0.15, 0.2) is 0 Å². The molecule has 0 saturated carbocycles. The number of likely N-dealkylation sites (tertiary alicyclic amines) is 2. The zero-order valence-electron chi connectivity index (χ0n) is 15.1. The second kappa shape index (κ2) is 7.16. The summed E-state index contributed by atoms with van der Waals surface area (Å²) >= 11 is 0. The molecule has 1 aromatic rings. The maximum Gasteiger partial charge on any atom is 0.254 e. The van der Waals surface area contributed by atoms with E-state index in [4.69, 9.17) is 0 Å². The minimum absolute atomic E-state index is 0.0274. The number of piperidine rings is 1. The van der Waals surface area contributed by atoms with E-state index in [1.54, 1.807) is 24.0 Å². The van der Waals surface area contributed by atoms with Crippen LogP contribution < -0.4 is 0 Å². The highest BCUT2D eigenvalue weighted by Gasteiger charge is 2.48. The molecule has 0 aromatic heterocycles. The predicted octanol–water partition coefficient (Wildman–Crippen LogP) is 2.30. The van der Waals surface area contributed by atoms with Crippen LogP contribution in [0.1, 0.15) is 49.9 Å². The Hall–Kier alpha value is -1.88. The summed E-state index contributed by atoms with van der Waals surface area (Å²) in [6.07, 6.45) is 2.98. The standard InChI is InChI=1S/C20H28N2O3/c1-15(23)17-10-6-12-21(14-17)19(25)20(2)11-7-13-22(20)18(24)16-8-4-3-5-9-16/h3-5,8-9,15,17,23H,6-7,10-14H2,1-2H3. The molecule has 2 amide bonds. The van der Waals surface area contributed by atoms with Gasteiger partial charge in [-0.05, 0) is 51.7 Å². The third kappa shape index (κ3) is 3.43. The van der Waals surface area contributed by atoms with Crippen LogP contribution in [0.25, 0.3) is 0 Å². The predicted molar refractivity (Wildman–Crippen MR) is 96.1 cm³/mol. The third-order valence-corrected chi connectivity index (χ3v) is 5.79. The lowest BCUT2D eigenvalue weighted by Gasteiger charge is -2.41. The minimum atomic E-state index is -0.784. The summed E-state index contributed by atoms with van der Waals surface area (Å²) in [5, 5.41) is 9.89. The van der Waals surface area contributed by atoms with Crippen LogP contribution in [-0.4, -0.2) is 58.0 Å². The van der Waals surface area contributed by atoms with Gasteiger partial charge in [0, 0.05) is 31.1 Å². The van der Waals surface area contributed by atoms with E-state index in [0.29, 0.717) is 31.6 Å². The molecule has 1 N–H and O–H groups in total. The molecular formula is C20H28N2O3. The molecule has 2 aliphatic heterocycles. The van der Waals surface area contributed by atoms with Crippen LogP contribution in [0.5, 0.6) is 0 Å². The number of benzene rings is 1. The molecule has 2 aliphatic rings. The van der Waals surface area contributed by atoms with Gasteiger partial charge in [0.05, 0.1) is 6.10 Å². The van der Waals surface area contributed by atoms with E-state index in [0.717, 1.165) is 19.3 Å². The second-order valence-corrected chi connectivity index (χ2v) is 7.59. The molecule has 2 saturated heterocycles. The van der Waals surface area contributed by atoms with Gasteiger partial charge in [0.2, 0.25) is 5.91 Å². The van der Waals surface area contributed by atoms with E-state index >= 15 is 0 Å². The minimum Gasteiger partial charge on any atom is -0.393 e. The number of rotatable bonds is 3. The zero-order chi connectivity index (χ0) is 18.0. The first-order valence-corrected chi connectivity index (χ1v) is 9.28. The van der Waals surface area contributed by atoms with E-state index in [9.17, 15) is 14.7 Å². The fourth-order valence-corrected chi connectivity index (χ4v) is 4.18. The molecular weight excluding hydrogens is 316 g/mol. The Morgan fingerprint density at radius 1 is 1.20 bits per heavy atom. The Morgan fingerprint density at radius 2 is 1.92 bits per heavy atom. The summed E-state index contributed by atoms with van der Waals surface area (Å²) in [7, 11) is 0.